The highest BCUT2D eigenvalue weighted by atomic mass is 16.5. The Kier molecular flexibility index (Phi) is 5.49. The fraction of sp³-hybridized carbons (Fsp3) is 0.250. The van der Waals surface area contributed by atoms with Crippen molar-refractivity contribution < 1.29 is 14.3 Å². The third-order valence-corrected chi connectivity index (χ3v) is 4.30. The topological polar surface area (TPSA) is 99.0 Å². The summed E-state index contributed by atoms with van der Waals surface area (Å²) in [5.74, 6) is -1.03. The molecule has 0 aliphatic rings. The first-order valence-electron chi connectivity index (χ1n) is 8.79. The number of tetrazole rings is 1. The molecule has 1 amide bonds. The first-order valence-corrected chi connectivity index (χ1v) is 8.79. The maximum atomic E-state index is 12.6. The van der Waals surface area contributed by atoms with Gasteiger partial charge in [-0.15, -0.1) is 5.10 Å². The van der Waals surface area contributed by atoms with Crippen molar-refractivity contribution in [1.82, 2.24) is 20.2 Å². The lowest BCUT2D eigenvalue weighted by atomic mass is 10.0. The van der Waals surface area contributed by atoms with E-state index in [0.717, 1.165) is 22.4 Å². The molecule has 0 spiro atoms. The number of nitrogens with one attached hydrogen (secondary N) is 1. The summed E-state index contributed by atoms with van der Waals surface area (Å²) in [5, 5.41) is 13.8. The minimum absolute atomic E-state index is 0.261. The Morgan fingerprint density at radius 1 is 1.11 bits per heavy atom. The van der Waals surface area contributed by atoms with E-state index < -0.39 is 18.0 Å². The third-order valence-electron chi connectivity index (χ3n) is 4.30. The van der Waals surface area contributed by atoms with Gasteiger partial charge in [-0.1, -0.05) is 29.8 Å². The van der Waals surface area contributed by atoms with Gasteiger partial charge in [0.1, 0.15) is 6.33 Å². The van der Waals surface area contributed by atoms with E-state index in [4.69, 9.17) is 4.74 Å². The second kappa shape index (κ2) is 7.99. The first-order chi connectivity index (χ1) is 13.4. The van der Waals surface area contributed by atoms with Gasteiger partial charge in [0.2, 0.25) is 0 Å². The number of para-hydroxylation sites is 1. The zero-order chi connectivity index (χ0) is 20.3. The molecule has 1 aromatic heterocycles. The molecule has 1 heterocycles. The van der Waals surface area contributed by atoms with Crippen LogP contribution in [0.5, 0.6) is 0 Å². The van der Waals surface area contributed by atoms with Crippen LogP contribution in [0.25, 0.3) is 5.69 Å². The lowest BCUT2D eigenvalue weighted by Gasteiger charge is -2.17. The fourth-order valence-electron chi connectivity index (χ4n) is 3.00. The van der Waals surface area contributed by atoms with Crippen LogP contribution in [0.15, 0.2) is 42.7 Å². The van der Waals surface area contributed by atoms with Crippen LogP contribution in [-0.4, -0.2) is 38.2 Å². The molecule has 2 aromatic carbocycles. The van der Waals surface area contributed by atoms with Gasteiger partial charge < -0.3 is 10.1 Å². The van der Waals surface area contributed by atoms with Gasteiger partial charge in [0.25, 0.3) is 5.91 Å². The Hall–Kier alpha value is -3.55. The maximum absolute atomic E-state index is 12.6. The molecule has 0 aliphatic heterocycles. The van der Waals surface area contributed by atoms with E-state index in [2.05, 4.69) is 20.8 Å². The third kappa shape index (κ3) is 4.06. The van der Waals surface area contributed by atoms with Crippen LogP contribution in [-0.2, 0) is 9.53 Å². The Morgan fingerprint density at radius 2 is 1.79 bits per heavy atom. The van der Waals surface area contributed by atoms with Gasteiger partial charge in [0.05, 0.1) is 11.3 Å². The second-order valence-corrected chi connectivity index (χ2v) is 6.58. The lowest BCUT2D eigenvalue weighted by molar-refractivity contribution is -0.123. The van der Waals surface area contributed by atoms with Crippen LogP contribution >= 0.6 is 0 Å². The highest BCUT2D eigenvalue weighted by Gasteiger charge is 2.22. The van der Waals surface area contributed by atoms with Gasteiger partial charge >= 0.3 is 5.97 Å². The van der Waals surface area contributed by atoms with E-state index >= 15 is 0 Å². The summed E-state index contributed by atoms with van der Waals surface area (Å²) in [6, 6.07) is 10.7. The molecule has 0 radical (unpaired) electrons. The molecule has 0 fully saturated rings. The van der Waals surface area contributed by atoms with Crippen LogP contribution in [0.3, 0.4) is 0 Å². The van der Waals surface area contributed by atoms with Gasteiger partial charge in [-0.3, -0.25) is 4.79 Å². The summed E-state index contributed by atoms with van der Waals surface area (Å²) in [6.07, 6.45) is 0.403. The van der Waals surface area contributed by atoms with Crippen molar-refractivity contribution in [3.63, 3.8) is 0 Å². The number of nitrogens with zero attached hydrogens (tertiary/aromatic N) is 4. The van der Waals surface area contributed by atoms with Gasteiger partial charge in [0.15, 0.2) is 6.10 Å². The van der Waals surface area contributed by atoms with Crippen LogP contribution in [0.2, 0.25) is 0 Å². The summed E-state index contributed by atoms with van der Waals surface area (Å²) < 4.78 is 6.74. The highest BCUT2D eigenvalue weighted by Crippen LogP contribution is 2.22. The van der Waals surface area contributed by atoms with Crippen molar-refractivity contribution in [1.29, 1.82) is 0 Å². The number of aryl methyl sites for hydroxylation is 3. The number of carbonyl (C=O) groups excluding carboxylic acids is 2. The number of esters is 1. The normalized spacial score (nSPS) is 11.7. The van der Waals surface area contributed by atoms with Crippen molar-refractivity contribution in [2.45, 2.75) is 33.8 Å². The Bertz CT molecular complexity index is 991. The summed E-state index contributed by atoms with van der Waals surface area (Å²) in [7, 11) is 0. The van der Waals surface area contributed by atoms with Crippen LogP contribution in [0.1, 0.15) is 34.0 Å². The second-order valence-electron chi connectivity index (χ2n) is 6.58. The number of rotatable bonds is 5. The SMILES string of the molecule is Cc1cc(C)c(NC(=O)[C@@H](C)OC(=O)c2ccccc2-n2cnnn2)c(C)c1. The fourth-order valence-corrected chi connectivity index (χ4v) is 3.00. The van der Waals surface area contributed by atoms with Crippen LogP contribution in [0.4, 0.5) is 5.69 Å². The molecule has 3 aromatic rings. The molecule has 0 aliphatic carbocycles. The molecule has 0 saturated carbocycles. The predicted octanol–water partition coefficient (Wildman–Crippen LogP) is 2.77. The van der Waals surface area contributed by atoms with E-state index in [9.17, 15) is 9.59 Å². The highest BCUT2D eigenvalue weighted by molar-refractivity contribution is 5.99. The number of amides is 1. The molecule has 28 heavy (non-hydrogen) atoms. The Morgan fingerprint density at radius 3 is 2.43 bits per heavy atom. The van der Waals surface area contributed by atoms with Gasteiger partial charge in [-0.2, -0.15) is 4.68 Å². The molecule has 1 N–H and O–H groups in total. The van der Waals surface area contributed by atoms with Crippen LogP contribution in [0, 0.1) is 20.8 Å². The van der Waals surface area contributed by atoms with Gasteiger partial charge in [-0.25, -0.2) is 4.79 Å². The van der Waals surface area contributed by atoms with E-state index in [1.807, 2.05) is 32.9 Å². The number of anilines is 1. The molecule has 3 rings (SSSR count). The van der Waals surface area contributed by atoms with E-state index in [-0.39, 0.29) is 5.56 Å². The zero-order valence-corrected chi connectivity index (χ0v) is 16.1. The van der Waals surface area contributed by atoms with Gasteiger partial charge in [-0.05, 0) is 61.4 Å². The summed E-state index contributed by atoms with van der Waals surface area (Å²) >= 11 is 0. The predicted molar refractivity (Wildman–Crippen MR) is 103 cm³/mol. The molecule has 0 unspecified atom stereocenters. The van der Waals surface area contributed by atoms with Crippen molar-refractivity contribution >= 4 is 17.6 Å². The number of aromatic nitrogens is 4. The standard InChI is InChI=1S/C20H21N5O3/c1-12-9-13(2)18(14(3)10-12)22-19(26)15(4)28-20(27)16-7-5-6-8-17(16)25-11-21-23-24-25/h5-11,15H,1-4H3,(H,22,26)/t15-/m1/s1. The molecular weight excluding hydrogens is 358 g/mol. The number of benzene rings is 2. The van der Waals surface area contributed by atoms with Gasteiger partial charge in [0, 0.05) is 5.69 Å². The molecule has 8 heteroatoms. The number of hydrogen-bond donors (Lipinski definition) is 1. The van der Waals surface area contributed by atoms with E-state index in [1.165, 1.54) is 17.9 Å². The van der Waals surface area contributed by atoms with E-state index in [0.29, 0.717) is 5.69 Å². The van der Waals surface area contributed by atoms with Crippen molar-refractivity contribution in [2.24, 2.45) is 0 Å². The lowest BCUT2D eigenvalue weighted by Crippen LogP contribution is -2.30. The van der Waals surface area contributed by atoms with Crippen molar-refractivity contribution in [3.8, 4) is 5.69 Å². The summed E-state index contributed by atoms with van der Waals surface area (Å²) in [5.41, 5.74) is 4.48. The summed E-state index contributed by atoms with van der Waals surface area (Å²) in [6.45, 7) is 7.38. The molecule has 0 bridgehead atoms. The Balaban J connectivity index is 1.74. The van der Waals surface area contributed by atoms with Crippen LogP contribution < -0.4 is 5.32 Å². The minimum atomic E-state index is -0.977. The number of ether oxygens (including phenoxy) is 1. The Labute approximate surface area is 162 Å². The molecule has 8 nitrogen and oxygen atoms in total. The average molecular weight is 379 g/mol. The van der Waals surface area contributed by atoms with Crippen molar-refractivity contribution in [2.75, 3.05) is 5.32 Å². The minimum Gasteiger partial charge on any atom is -0.449 e. The molecule has 0 saturated heterocycles. The molecule has 144 valence electrons. The van der Waals surface area contributed by atoms with E-state index in [1.54, 1.807) is 24.3 Å². The smallest absolute Gasteiger partial charge is 0.341 e. The first kappa shape index (κ1) is 19.2. The monoisotopic (exact) mass is 379 g/mol. The molecule has 1 atom stereocenters. The zero-order valence-electron chi connectivity index (χ0n) is 16.1. The average Bonchev–Trinajstić information content (AvgIpc) is 3.19. The quantitative estimate of drug-likeness (QED) is 0.685. The summed E-state index contributed by atoms with van der Waals surface area (Å²) in [4.78, 5) is 25.2. The largest absolute Gasteiger partial charge is 0.449 e. The molecular formula is C20H21N5O3. The maximum Gasteiger partial charge on any atom is 0.341 e. The van der Waals surface area contributed by atoms with Crippen molar-refractivity contribution in [3.05, 3.63) is 65.0 Å². The number of hydrogen-bond acceptors (Lipinski definition) is 6. The number of carbonyl (C=O) groups is 2.